The molecule has 0 radical (unpaired) electrons. The molecule has 0 heterocycles. The van der Waals surface area contributed by atoms with E-state index in [4.69, 9.17) is 14.2 Å². The van der Waals surface area contributed by atoms with Gasteiger partial charge in [0, 0.05) is 12.3 Å². The van der Waals surface area contributed by atoms with Crippen LogP contribution in [-0.2, 0) is 6.18 Å². The molecule has 0 spiro atoms. The second-order valence-electron chi connectivity index (χ2n) is 6.76. The topological polar surface area (TPSA) is 83.2 Å². The highest BCUT2D eigenvalue weighted by Crippen LogP contribution is 2.42. The van der Waals surface area contributed by atoms with Crippen LogP contribution in [0.5, 0.6) is 23.0 Å². The first-order valence-corrected chi connectivity index (χ1v) is 10.9. The van der Waals surface area contributed by atoms with Crippen molar-refractivity contribution < 1.29 is 32.3 Å². The minimum Gasteiger partial charge on any atom is -0.494 e. The van der Waals surface area contributed by atoms with Gasteiger partial charge in [0.2, 0.25) is 5.75 Å². The maximum atomic E-state index is 13.0. The average molecular weight is 586 g/mol. The number of alkyl halides is 3. The summed E-state index contributed by atoms with van der Waals surface area (Å²) in [6, 6.07) is 12.6. The predicted molar refractivity (Wildman–Crippen MR) is 129 cm³/mol. The number of hydrogen-bond donors (Lipinski definition) is 0. The van der Waals surface area contributed by atoms with E-state index >= 15 is 0 Å². The van der Waals surface area contributed by atoms with Gasteiger partial charge in [-0.25, -0.2) is 0 Å². The number of nitrogens with zero attached hydrogens (tertiary/aromatic N) is 2. The largest absolute Gasteiger partial charge is 0.494 e. The van der Waals surface area contributed by atoms with Crippen molar-refractivity contribution in [2.24, 2.45) is 4.99 Å². The van der Waals surface area contributed by atoms with E-state index in [1.807, 2.05) is 29.5 Å². The van der Waals surface area contributed by atoms with Gasteiger partial charge in [0.1, 0.15) is 5.75 Å². The van der Waals surface area contributed by atoms with Crippen LogP contribution in [0.1, 0.15) is 18.1 Å². The van der Waals surface area contributed by atoms with Crippen molar-refractivity contribution >= 4 is 40.2 Å². The fourth-order valence-electron chi connectivity index (χ4n) is 2.89. The third kappa shape index (κ3) is 6.16. The maximum Gasteiger partial charge on any atom is 0.416 e. The fraction of sp³-hybridized carbons (Fsp3) is 0.174. The molecule has 0 saturated heterocycles. The Hall–Kier alpha value is -3.35. The van der Waals surface area contributed by atoms with E-state index in [1.54, 1.807) is 42.6 Å². The molecule has 0 aliphatic heterocycles. The molecule has 3 aromatic rings. The van der Waals surface area contributed by atoms with Crippen molar-refractivity contribution in [3.63, 3.8) is 0 Å². The monoisotopic (exact) mass is 586 g/mol. The standard InChI is InChI=1S/C23H18F3IN2O5/c1-3-33-17-7-5-16(6-8-17)28-13-14-10-18(27)22(21(11-14)32-2)34-20-9-4-15(23(24,25)26)12-19(20)29(30)31/h4-13H,3H2,1-2H3. The van der Waals surface area contributed by atoms with Gasteiger partial charge in [-0.3, -0.25) is 15.1 Å². The van der Waals surface area contributed by atoms with Crippen molar-refractivity contribution in [3.05, 3.63) is 79.4 Å². The first-order valence-electron chi connectivity index (χ1n) is 9.80. The summed E-state index contributed by atoms with van der Waals surface area (Å²) in [5, 5.41) is 11.4. The molecule has 0 unspecified atom stereocenters. The Labute approximate surface area is 206 Å². The SMILES string of the molecule is CCOc1ccc(N=Cc2cc(I)c(Oc3ccc(C(F)(F)F)cc3[N+](=O)[O-])c(OC)c2)cc1. The zero-order valence-corrected chi connectivity index (χ0v) is 20.1. The lowest BCUT2D eigenvalue weighted by Gasteiger charge is -2.14. The summed E-state index contributed by atoms with van der Waals surface area (Å²) in [7, 11) is 1.38. The number of hydrogen-bond acceptors (Lipinski definition) is 6. The van der Waals surface area contributed by atoms with Crippen LogP contribution in [0.25, 0.3) is 0 Å². The van der Waals surface area contributed by atoms with E-state index in [0.29, 0.717) is 27.5 Å². The average Bonchev–Trinajstić information content (AvgIpc) is 2.79. The predicted octanol–water partition coefficient (Wildman–Crippen LogP) is 7.17. The van der Waals surface area contributed by atoms with E-state index in [0.717, 1.165) is 17.9 Å². The zero-order valence-electron chi connectivity index (χ0n) is 17.9. The molecule has 0 aromatic heterocycles. The van der Waals surface area contributed by atoms with E-state index in [-0.39, 0.29) is 17.2 Å². The number of benzene rings is 3. The van der Waals surface area contributed by atoms with E-state index in [9.17, 15) is 23.3 Å². The molecular formula is C23H18F3IN2O5. The van der Waals surface area contributed by atoms with Crippen molar-refractivity contribution in [1.82, 2.24) is 0 Å². The number of halogens is 4. The van der Waals surface area contributed by atoms with E-state index in [2.05, 4.69) is 4.99 Å². The minimum atomic E-state index is -4.72. The maximum absolute atomic E-state index is 13.0. The Kier molecular flexibility index (Phi) is 7.97. The number of ether oxygens (including phenoxy) is 3. The Balaban J connectivity index is 1.90. The van der Waals surface area contributed by atoms with Crippen LogP contribution >= 0.6 is 22.6 Å². The molecule has 34 heavy (non-hydrogen) atoms. The quantitative estimate of drug-likeness (QED) is 0.121. The molecule has 3 aromatic carbocycles. The third-order valence-electron chi connectivity index (χ3n) is 4.46. The lowest BCUT2D eigenvalue weighted by atomic mass is 10.1. The van der Waals surface area contributed by atoms with Crippen molar-refractivity contribution in [2.45, 2.75) is 13.1 Å². The third-order valence-corrected chi connectivity index (χ3v) is 5.26. The van der Waals surface area contributed by atoms with Gasteiger partial charge >= 0.3 is 11.9 Å². The molecule has 11 heteroatoms. The van der Waals surface area contributed by atoms with Crippen LogP contribution in [-0.4, -0.2) is 24.9 Å². The van der Waals surface area contributed by atoms with Gasteiger partial charge in [-0.05, 0) is 83.6 Å². The Morgan fingerprint density at radius 1 is 1.09 bits per heavy atom. The van der Waals surface area contributed by atoms with Gasteiger partial charge in [0.25, 0.3) is 0 Å². The van der Waals surface area contributed by atoms with Crippen LogP contribution in [0.3, 0.4) is 0 Å². The molecule has 0 fully saturated rings. The lowest BCUT2D eigenvalue weighted by Crippen LogP contribution is -2.06. The van der Waals surface area contributed by atoms with Crippen molar-refractivity contribution in [3.8, 4) is 23.0 Å². The summed E-state index contributed by atoms with van der Waals surface area (Å²) in [6.45, 7) is 2.45. The summed E-state index contributed by atoms with van der Waals surface area (Å²) in [4.78, 5) is 14.8. The van der Waals surface area contributed by atoms with Gasteiger partial charge in [-0.1, -0.05) is 0 Å². The van der Waals surface area contributed by atoms with Crippen LogP contribution in [0, 0.1) is 13.7 Å². The highest BCUT2D eigenvalue weighted by Gasteiger charge is 2.33. The van der Waals surface area contributed by atoms with Crippen LogP contribution in [0.4, 0.5) is 24.5 Å². The van der Waals surface area contributed by atoms with Gasteiger partial charge in [0.05, 0.1) is 33.5 Å². The van der Waals surface area contributed by atoms with Crippen LogP contribution in [0.15, 0.2) is 59.6 Å². The second kappa shape index (κ2) is 10.7. The summed E-state index contributed by atoms with van der Waals surface area (Å²) in [5.74, 6) is 0.750. The molecule has 0 bridgehead atoms. The van der Waals surface area contributed by atoms with Crippen LogP contribution < -0.4 is 14.2 Å². The van der Waals surface area contributed by atoms with E-state index in [1.165, 1.54) is 7.11 Å². The summed E-state index contributed by atoms with van der Waals surface area (Å²) < 4.78 is 55.8. The highest BCUT2D eigenvalue weighted by atomic mass is 127. The summed E-state index contributed by atoms with van der Waals surface area (Å²) in [5.41, 5.74) is -0.606. The summed E-state index contributed by atoms with van der Waals surface area (Å²) in [6.07, 6.45) is -3.12. The Morgan fingerprint density at radius 2 is 1.79 bits per heavy atom. The molecule has 178 valence electrons. The second-order valence-corrected chi connectivity index (χ2v) is 7.92. The molecule has 0 aliphatic carbocycles. The summed E-state index contributed by atoms with van der Waals surface area (Å²) >= 11 is 1.95. The molecule has 0 amide bonds. The highest BCUT2D eigenvalue weighted by molar-refractivity contribution is 14.1. The fourth-order valence-corrected chi connectivity index (χ4v) is 3.63. The van der Waals surface area contributed by atoms with Gasteiger partial charge in [0.15, 0.2) is 11.5 Å². The van der Waals surface area contributed by atoms with Crippen LogP contribution in [0.2, 0.25) is 0 Å². The molecule has 0 N–H and O–H groups in total. The van der Waals surface area contributed by atoms with Crippen molar-refractivity contribution in [1.29, 1.82) is 0 Å². The Bertz CT molecular complexity index is 1210. The number of nitro groups is 1. The first kappa shape index (κ1) is 25.3. The molecule has 0 saturated carbocycles. The van der Waals surface area contributed by atoms with Gasteiger partial charge < -0.3 is 14.2 Å². The van der Waals surface area contributed by atoms with E-state index < -0.39 is 22.4 Å². The van der Waals surface area contributed by atoms with Crippen molar-refractivity contribution in [2.75, 3.05) is 13.7 Å². The number of aliphatic imine (C=N–C) groups is 1. The number of methoxy groups -OCH3 is 1. The normalized spacial score (nSPS) is 11.5. The number of rotatable bonds is 8. The molecular weight excluding hydrogens is 568 g/mol. The molecule has 7 nitrogen and oxygen atoms in total. The van der Waals surface area contributed by atoms with Gasteiger partial charge in [-0.2, -0.15) is 13.2 Å². The lowest BCUT2D eigenvalue weighted by molar-refractivity contribution is -0.385. The molecule has 0 aliphatic rings. The first-order chi connectivity index (χ1) is 16.1. The minimum absolute atomic E-state index is 0.129. The zero-order chi connectivity index (χ0) is 24.9. The number of nitro benzene ring substituents is 1. The smallest absolute Gasteiger partial charge is 0.416 e. The Morgan fingerprint density at radius 3 is 2.38 bits per heavy atom. The van der Waals surface area contributed by atoms with Gasteiger partial charge in [-0.15, -0.1) is 0 Å². The molecule has 3 rings (SSSR count). The molecule has 0 atom stereocenters.